The minimum Gasteiger partial charge on any atom is -0.391 e. The van der Waals surface area contributed by atoms with E-state index in [9.17, 15) is 30.6 Å². The van der Waals surface area contributed by atoms with Crippen molar-refractivity contribution >= 4 is 0 Å². The molecule has 0 spiro atoms. The Morgan fingerprint density at radius 2 is 0.625 bits per heavy atom. The first kappa shape index (κ1) is 23.4. The summed E-state index contributed by atoms with van der Waals surface area (Å²) in [7, 11) is 0. The van der Waals surface area contributed by atoms with E-state index in [4.69, 9.17) is 0 Å². The minimum absolute atomic E-state index is 0.0205. The Balaban J connectivity index is 4.91. The van der Waals surface area contributed by atoms with Crippen molar-refractivity contribution in [3.8, 4) is 0 Å². The largest absolute Gasteiger partial charge is 0.391 e. The van der Waals surface area contributed by atoms with Crippen molar-refractivity contribution in [2.45, 2.75) is 0 Å². The zero-order chi connectivity index (χ0) is 18.3. The minimum atomic E-state index is -0.0205. The molecule has 0 rings (SSSR count). The summed E-state index contributed by atoms with van der Waals surface area (Å²) in [5.41, 5.74) is 0. The van der Waals surface area contributed by atoms with Gasteiger partial charge < -0.3 is 39.6 Å². The summed E-state index contributed by atoms with van der Waals surface area (Å²) in [6, 6.07) is 0. The van der Waals surface area contributed by atoms with Crippen molar-refractivity contribution in [2.75, 3.05) is 92.0 Å². The average Bonchev–Trinajstić information content (AvgIpc) is 2.53. The van der Waals surface area contributed by atoms with Gasteiger partial charge in [-0.1, -0.05) is 0 Å². The van der Waals surface area contributed by atoms with Crippen LogP contribution >= 0.6 is 0 Å². The molecule has 0 bridgehead atoms. The van der Waals surface area contributed by atoms with E-state index < -0.39 is 0 Å². The molecule has 8 heteroatoms. The molecule has 0 unspecified atom stereocenters. The molecule has 0 aromatic heterocycles. The Morgan fingerprint density at radius 1 is 0.417 bits per heavy atom. The number of hydrogen-bond acceptors (Lipinski definition) is 6. The number of aliphatic hydroxyl groups excluding tert-OH is 6. The van der Waals surface area contributed by atoms with Crippen LogP contribution in [0.25, 0.3) is 0 Å². The van der Waals surface area contributed by atoms with E-state index in [1.165, 1.54) is 0 Å². The van der Waals surface area contributed by atoms with Crippen molar-refractivity contribution < 1.29 is 39.6 Å². The van der Waals surface area contributed by atoms with E-state index in [-0.39, 0.29) is 39.6 Å². The lowest BCUT2D eigenvalue weighted by Crippen LogP contribution is -2.54. The molecule has 0 heterocycles. The number of quaternary nitrogens is 2. The topological polar surface area (TPSA) is 121 Å². The molecule has 0 saturated heterocycles. The highest BCUT2D eigenvalue weighted by molar-refractivity contribution is 4.82. The predicted molar refractivity (Wildman–Crippen MR) is 91.1 cm³/mol. The smallest absolute Gasteiger partial charge is 0.102 e. The second-order valence-corrected chi connectivity index (χ2v) is 6.20. The molecule has 0 saturated carbocycles. The monoisotopic (exact) mass is 352 g/mol. The van der Waals surface area contributed by atoms with Gasteiger partial charge in [-0.25, -0.2) is 0 Å². The van der Waals surface area contributed by atoms with Crippen LogP contribution in [-0.4, -0.2) is 132 Å². The Morgan fingerprint density at radius 3 is 0.792 bits per heavy atom. The van der Waals surface area contributed by atoms with Gasteiger partial charge in [0.15, 0.2) is 0 Å². The van der Waals surface area contributed by atoms with E-state index in [0.29, 0.717) is 61.3 Å². The Kier molecular flexibility index (Phi) is 13.4. The second kappa shape index (κ2) is 13.7. The fourth-order valence-corrected chi connectivity index (χ4v) is 3.09. The van der Waals surface area contributed by atoms with Gasteiger partial charge in [-0.05, 0) is 12.2 Å². The van der Waals surface area contributed by atoms with Crippen molar-refractivity contribution in [3.05, 3.63) is 12.2 Å². The van der Waals surface area contributed by atoms with Crippen LogP contribution in [0.1, 0.15) is 0 Å². The second-order valence-electron chi connectivity index (χ2n) is 6.20. The highest BCUT2D eigenvalue weighted by Crippen LogP contribution is 2.09. The predicted octanol–water partition coefficient (Wildman–Crippen LogP) is -2.87. The molecule has 6 N–H and O–H groups in total. The number of aliphatic hydroxyl groups is 6. The van der Waals surface area contributed by atoms with Crippen LogP contribution in [0.5, 0.6) is 0 Å². The zero-order valence-electron chi connectivity index (χ0n) is 14.6. The summed E-state index contributed by atoms with van der Waals surface area (Å²) in [5.74, 6) is 0. The molecule has 0 aliphatic heterocycles. The van der Waals surface area contributed by atoms with E-state index in [1.54, 1.807) is 0 Å². The van der Waals surface area contributed by atoms with Crippen LogP contribution in [0.4, 0.5) is 0 Å². The third-order valence-electron chi connectivity index (χ3n) is 4.60. The van der Waals surface area contributed by atoms with Gasteiger partial charge >= 0.3 is 0 Å². The van der Waals surface area contributed by atoms with Crippen LogP contribution in [0, 0.1) is 0 Å². The van der Waals surface area contributed by atoms with Crippen molar-refractivity contribution in [1.82, 2.24) is 0 Å². The molecule has 0 amide bonds. The quantitative estimate of drug-likeness (QED) is 0.131. The standard InChI is InChI=1S/C16H36N2O6/c19-11-5-17(6-12-20,7-13-21)3-1-2-4-18(8-14-22,9-15-23)10-16-24/h1-2,19-24H,3-16H2/q+2. The third kappa shape index (κ3) is 8.50. The van der Waals surface area contributed by atoms with Gasteiger partial charge in [0.1, 0.15) is 39.3 Å². The zero-order valence-corrected chi connectivity index (χ0v) is 14.6. The molecule has 0 aromatic rings. The maximum atomic E-state index is 9.26. The lowest BCUT2D eigenvalue weighted by Gasteiger charge is -2.37. The van der Waals surface area contributed by atoms with Crippen LogP contribution in [0.3, 0.4) is 0 Å². The van der Waals surface area contributed by atoms with Crippen LogP contribution < -0.4 is 0 Å². The van der Waals surface area contributed by atoms with E-state index in [2.05, 4.69) is 0 Å². The normalized spacial score (nSPS) is 13.1. The van der Waals surface area contributed by atoms with Crippen LogP contribution in [-0.2, 0) is 0 Å². The molecule has 0 aliphatic carbocycles. The van der Waals surface area contributed by atoms with E-state index >= 15 is 0 Å². The molecule has 24 heavy (non-hydrogen) atoms. The van der Waals surface area contributed by atoms with E-state index in [1.807, 2.05) is 12.2 Å². The van der Waals surface area contributed by atoms with Crippen molar-refractivity contribution in [2.24, 2.45) is 0 Å². The Labute approximate surface area is 144 Å². The van der Waals surface area contributed by atoms with Gasteiger partial charge in [-0.2, -0.15) is 0 Å². The van der Waals surface area contributed by atoms with Gasteiger partial charge in [-0.3, -0.25) is 0 Å². The molecule has 0 aliphatic rings. The van der Waals surface area contributed by atoms with Gasteiger partial charge in [-0.15, -0.1) is 0 Å². The highest BCUT2D eigenvalue weighted by atomic mass is 16.3. The lowest BCUT2D eigenvalue weighted by atomic mass is 10.2. The van der Waals surface area contributed by atoms with E-state index in [0.717, 1.165) is 0 Å². The van der Waals surface area contributed by atoms with Crippen LogP contribution in [0.2, 0.25) is 0 Å². The summed E-state index contributed by atoms with van der Waals surface area (Å²) in [4.78, 5) is 0. The van der Waals surface area contributed by atoms with Gasteiger partial charge in [0.25, 0.3) is 0 Å². The summed E-state index contributed by atoms with van der Waals surface area (Å²) in [6.45, 7) is 3.74. The fourth-order valence-electron chi connectivity index (χ4n) is 3.09. The first-order valence-corrected chi connectivity index (χ1v) is 8.58. The molecule has 8 nitrogen and oxygen atoms in total. The third-order valence-corrected chi connectivity index (χ3v) is 4.60. The summed E-state index contributed by atoms with van der Waals surface area (Å²) >= 11 is 0. The molecule has 0 aromatic carbocycles. The Hall–Kier alpha value is -0.580. The SMILES string of the molecule is OCC[N+](CC=CC[N+](CCO)(CCO)CCO)(CCO)CCO. The van der Waals surface area contributed by atoms with Crippen LogP contribution in [0.15, 0.2) is 12.2 Å². The van der Waals surface area contributed by atoms with Gasteiger partial charge in [0.05, 0.1) is 52.7 Å². The fraction of sp³-hybridized carbons (Fsp3) is 0.875. The van der Waals surface area contributed by atoms with Crippen molar-refractivity contribution in [1.29, 1.82) is 0 Å². The average molecular weight is 352 g/mol. The molecular formula is C16H36N2O6+2. The Bertz CT molecular complexity index is 264. The molecule has 0 radical (unpaired) electrons. The molecule has 144 valence electrons. The van der Waals surface area contributed by atoms with Crippen molar-refractivity contribution in [3.63, 3.8) is 0 Å². The first-order valence-electron chi connectivity index (χ1n) is 8.58. The summed E-state index contributed by atoms with van der Waals surface area (Å²) in [5, 5.41) is 55.6. The molecular weight excluding hydrogens is 316 g/mol. The highest BCUT2D eigenvalue weighted by Gasteiger charge is 2.26. The van der Waals surface area contributed by atoms with Gasteiger partial charge in [0, 0.05) is 0 Å². The number of nitrogens with zero attached hydrogens (tertiary/aromatic N) is 2. The summed E-state index contributed by atoms with van der Waals surface area (Å²) < 4.78 is 0.806. The maximum Gasteiger partial charge on any atom is 0.102 e. The number of hydrogen-bond donors (Lipinski definition) is 6. The van der Waals surface area contributed by atoms with Gasteiger partial charge in [0.2, 0.25) is 0 Å². The molecule has 0 fully saturated rings. The number of rotatable bonds is 16. The molecule has 0 atom stereocenters. The first-order chi connectivity index (χ1) is 11.6. The maximum absolute atomic E-state index is 9.26. The summed E-state index contributed by atoms with van der Waals surface area (Å²) in [6.07, 6.45) is 3.89. The lowest BCUT2D eigenvalue weighted by molar-refractivity contribution is -0.925.